The van der Waals surface area contributed by atoms with Crippen molar-refractivity contribution in [3.8, 4) is 0 Å². The molecular weight excluding hydrogens is 266 g/mol. The van der Waals surface area contributed by atoms with Crippen LogP contribution < -0.4 is 5.73 Å². The van der Waals surface area contributed by atoms with Gasteiger partial charge in [0.2, 0.25) is 0 Å². The largest absolute Gasteiger partial charge is 0.481 e. The van der Waals surface area contributed by atoms with Crippen LogP contribution in [-0.4, -0.2) is 22.9 Å². The standard InChI is InChI=1S/C17H27NO3/c1-11(2)13-8-7-12(3)10-15(13)21-17(18)9-5-4-6-14(17)16(19)20/h4-6,9,11-15H,7-8,10,18H2,1-3H3,(H,19,20). The molecule has 0 bridgehead atoms. The summed E-state index contributed by atoms with van der Waals surface area (Å²) in [6.07, 6.45) is 10.1. The van der Waals surface area contributed by atoms with Crippen LogP contribution in [0.5, 0.6) is 0 Å². The second kappa shape index (κ2) is 6.32. The van der Waals surface area contributed by atoms with E-state index < -0.39 is 17.6 Å². The number of aliphatic carboxylic acids is 1. The van der Waals surface area contributed by atoms with Gasteiger partial charge in [0.05, 0.1) is 6.10 Å². The molecule has 5 unspecified atom stereocenters. The average Bonchev–Trinajstić information content (AvgIpc) is 2.37. The molecule has 4 heteroatoms. The molecule has 0 aromatic heterocycles. The number of carboxylic acid groups (broad SMARTS) is 1. The Morgan fingerprint density at radius 1 is 1.38 bits per heavy atom. The van der Waals surface area contributed by atoms with E-state index in [4.69, 9.17) is 10.5 Å². The molecule has 3 N–H and O–H groups in total. The summed E-state index contributed by atoms with van der Waals surface area (Å²) in [4.78, 5) is 11.4. The molecule has 118 valence electrons. The smallest absolute Gasteiger partial charge is 0.315 e. The van der Waals surface area contributed by atoms with Crippen LogP contribution in [0.3, 0.4) is 0 Å². The molecule has 0 aromatic rings. The van der Waals surface area contributed by atoms with Crippen molar-refractivity contribution in [2.24, 2.45) is 29.4 Å². The van der Waals surface area contributed by atoms with Gasteiger partial charge in [-0.2, -0.15) is 0 Å². The summed E-state index contributed by atoms with van der Waals surface area (Å²) < 4.78 is 6.20. The Morgan fingerprint density at radius 3 is 2.71 bits per heavy atom. The molecule has 1 fully saturated rings. The Bertz CT molecular complexity index is 443. The highest BCUT2D eigenvalue weighted by Gasteiger charge is 2.43. The third-order valence-electron chi connectivity index (χ3n) is 4.84. The third-order valence-corrected chi connectivity index (χ3v) is 4.84. The first-order chi connectivity index (χ1) is 9.83. The fraction of sp³-hybridized carbons (Fsp3) is 0.706. The second-order valence-corrected chi connectivity index (χ2v) is 6.90. The fourth-order valence-electron chi connectivity index (χ4n) is 3.54. The second-order valence-electron chi connectivity index (χ2n) is 6.90. The summed E-state index contributed by atoms with van der Waals surface area (Å²) in [5.74, 6) is -0.219. The van der Waals surface area contributed by atoms with E-state index in [9.17, 15) is 9.90 Å². The number of hydrogen-bond donors (Lipinski definition) is 2. The highest BCUT2D eigenvalue weighted by Crippen LogP contribution is 2.38. The number of rotatable bonds is 4. The lowest BCUT2D eigenvalue weighted by atomic mass is 9.75. The minimum atomic E-state index is -1.24. The van der Waals surface area contributed by atoms with E-state index in [1.807, 2.05) is 0 Å². The van der Waals surface area contributed by atoms with Gasteiger partial charge in [0.1, 0.15) is 5.92 Å². The molecule has 0 spiro atoms. The highest BCUT2D eigenvalue weighted by molar-refractivity contribution is 5.74. The third kappa shape index (κ3) is 3.55. The maximum atomic E-state index is 11.4. The molecule has 5 atom stereocenters. The number of nitrogens with two attached hydrogens (primary N) is 1. The molecule has 21 heavy (non-hydrogen) atoms. The lowest BCUT2D eigenvalue weighted by molar-refractivity contribution is -0.162. The zero-order chi connectivity index (χ0) is 15.6. The van der Waals surface area contributed by atoms with Gasteiger partial charge in [0.25, 0.3) is 0 Å². The van der Waals surface area contributed by atoms with Crippen molar-refractivity contribution in [1.82, 2.24) is 0 Å². The van der Waals surface area contributed by atoms with Crippen molar-refractivity contribution in [1.29, 1.82) is 0 Å². The van der Waals surface area contributed by atoms with Crippen molar-refractivity contribution in [3.05, 3.63) is 24.3 Å². The van der Waals surface area contributed by atoms with Gasteiger partial charge in [-0.15, -0.1) is 0 Å². The first-order valence-corrected chi connectivity index (χ1v) is 7.89. The maximum absolute atomic E-state index is 11.4. The summed E-state index contributed by atoms with van der Waals surface area (Å²) in [5.41, 5.74) is 5.06. The van der Waals surface area contributed by atoms with E-state index in [1.54, 1.807) is 24.3 Å². The SMILES string of the molecule is CC1CCC(C(C)C)C(OC2(N)C=CC=CC2C(=O)O)C1. The van der Waals surface area contributed by atoms with Crippen LogP contribution in [0.1, 0.15) is 40.0 Å². The first-order valence-electron chi connectivity index (χ1n) is 7.89. The van der Waals surface area contributed by atoms with Crippen LogP contribution >= 0.6 is 0 Å². The maximum Gasteiger partial charge on any atom is 0.315 e. The molecule has 1 saturated carbocycles. The Balaban J connectivity index is 2.18. The minimum absolute atomic E-state index is 0.0248. The Labute approximate surface area is 127 Å². The molecule has 0 amide bonds. The lowest BCUT2D eigenvalue weighted by Gasteiger charge is -2.43. The van der Waals surface area contributed by atoms with E-state index >= 15 is 0 Å². The molecule has 0 aromatic carbocycles. The number of carbonyl (C=O) groups is 1. The molecule has 4 nitrogen and oxygen atoms in total. The van der Waals surface area contributed by atoms with Crippen LogP contribution in [0, 0.1) is 23.7 Å². The quantitative estimate of drug-likeness (QED) is 0.782. The topological polar surface area (TPSA) is 72.5 Å². The van der Waals surface area contributed by atoms with E-state index in [-0.39, 0.29) is 6.10 Å². The van der Waals surface area contributed by atoms with Gasteiger partial charge in [-0.05, 0) is 36.7 Å². The van der Waals surface area contributed by atoms with Crippen LogP contribution in [0.2, 0.25) is 0 Å². The van der Waals surface area contributed by atoms with E-state index in [2.05, 4.69) is 20.8 Å². The first kappa shape index (κ1) is 16.2. The van der Waals surface area contributed by atoms with Gasteiger partial charge in [0.15, 0.2) is 5.72 Å². The van der Waals surface area contributed by atoms with Crippen molar-refractivity contribution in [2.75, 3.05) is 0 Å². The van der Waals surface area contributed by atoms with Gasteiger partial charge >= 0.3 is 5.97 Å². The number of ether oxygens (including phenoxy) is 1. The van der Waals surface area contributed by atoms with Crippen molar-refractivity contribution in [2.45, 2.75) is 51.9 Å². The van der Waals surface area contributed by atoms with E-state index in [1.165, 1.54) is 6.42 Å². The van der Waals surface area contributed by atoms with Crippen molar-refractivity contribution >= 4 is 5.97 Å². The molecule has 0 saturated heterocycles. The fourth-order valence-corrected chi connectivity index (χ4v) is 3.54. The van der Waals surface area contributed by atoms with Crippen molar-refractivity contribution in [3.63, 3.8) is 0 Å². The summed E-state index contributed by atoms with van der Waals surface area (Å²) in [7, 11) is 0. The Kier molecular flexibility index (Phi) is 4.89. The predicted molar refractivity (Wildman–Crippen MR) is 82.5 cm³/mol. The molecule has 0 heterocycles. The normalized spacial score (nSPS) is 39.7. The molecule has 2 aliphatic carbocycles. The molecule has 2 rings (SSSR count). The predicted octanol–water partition coefficient (Wildman–Crippen LogP) is 2.95. The van der Waals surface area contributed by atoms with Gasteiger partial charge in [-0.25, -0.2) is 0 Å². The summed E-state index contributed by atoms with van der Waals surface area (Å²) in [6.45, 7) is 6.62. The van der Waals surface area contributed by atoms with E-state index in [0.717, 1.165) is 12.8 Å². The number of allylic oxidation sites excluding steroid dienone is 2. The minimum Gasteiger partial charge on any atom is -0.481 e. The van der Waals surface area contributed by atoms with E-state index in [0.29, 0.717) is 17.8 Å². The van der Waals surface area contributed by atoms with Gasteiger partial charge in [-0.1, -0.05) is 45.4 Å². The van der Waals surface area contributed by atoms with Crippen molar-refractivity contribution < 1.29 is 14.6 Å². The van der Waals surface area contributed by atoms with Crippen LogP contribution in [-0.2, 0) is 9.53 Å². The zero-order valence-electron chi connectivity index (χ0n) is 13.2. The average molecular weight is 293 g/mol. The zero-order valence-corrected chi connectivity index (χ0v) is 13.2. The molecule has 0 aliphatic heterocycles. The number of carboxylic acids is 1. The Hall–Kier alpha value is -1.13. The van der Waals surface area contributed by atoms with Gasteiger partial charge < -0.3 is 9.84 Å². The van der Waals surface area contributed by atoms with Crippen LogP contribution in [0.15, 0.2) is 24.3 Å². The summed E-state index contributed by atoms with van der Waals surface area (Å²) in [6, 6.07) is 0. The van der Waals surface area contributed by atoms with Crippen LogP contribution in [0.4, 0.5) is 0 Å². The lowest BCUT2D eigenvalue weighted by Crippen LogP contribution is -2.55. The van der Waals surface area contributed by atoms with Gasteiger partial charge in [0, 0.05) is 0 Å². The number of hydrogen-bond acceptors (Lipinski definition) is 3. The summed E-state index contributed by atoms with van der Waals surface area (Å²) >= 11 is 0. The highest BCUT2D eigenvalue weighted by atomic mass is 16.5. The molecular formula is C17H27NO3. The molecule has 2 aliphatic rings. The summed E-state index contributed by atoms with van der Waals surface area (Å²) in [5, 5.41) is 9.39. The Morgan fingerprint density at radius 2 is 2.10 bits per heavy atom. The monoisotopic (exact) mass is 293 g/mol. The van der Waals surface area contributed by atoms with Gasteiger partial charge in [-0.3, -0.25) is 10.5 Å². The molecule has 0 radical (unpaired) electrons. The van der Waals surface area contributed by atoms with Crippen LogP contribution in [0.25, 0.3) is 0 Å².